The SMILES string of the molecule is Cc1ccc(C#N)cc1C(=O)C1CC2CCCC(C1)S2=O. The van der Waals surface area contributed by atoms with Crippen LogP contribution >= 0.6 is 0 Å². The number of rotatable bonds is 2. The van der Waals surface area contributed by atoms with Gasteiger partial charge in [0.15, 0.2) is 5.78 Å². The number of nitriles is 1. The minimum atomic E-state index is -0.746. The molecule has 4 heteroatoms. The van der Waals surface area contributed by atoms with Crippen LogP contribution in [0.4, 0.5) is 0 Å². The molecule has 2 aliphatic heterocycles. The molecule has 2 aliphatic rings. The van der Waals surface area contributed by atoms with Gasteiger partial charge in [-0.05, 0) is 50.3 Å². The van der Waals surface area contributed by atoms with Crippen molar-refractivity contribution in [2.24, 2.45) is 5.92 Å². The Kier molecular flexibility index (Phi) is 3.95. The van der Waals surface area contributed by atoms with Crippen LogP contribution in [0.3, 0.4) is 0 Å². The molecule has 3 nitrogen and oxygen atoms in total. The number of hydrogen-bond acceptors (Lipinski definition) is 3. The van der Waals surface area contributed by atoms with Gasteiger partial charge in [-0.1, -0.05) is 12.5 Å². The number of nitrogens with zero attached hydrogens (tertiary/aromatic N) is 1. The van der Waals surface area contributed by atoms with E-state index in [0.717, 1.165) is 37.7 Å². The summed E-state index contributed by atoms with van der Waals surface area (Å²) in [6.07, 6.45) is 4.62. The maximum absolute atomic E-state index is 12.8. The quantitative estimate of drug-likeness (QED) is 0.789. The number of Topliss-reactive ketones (excluding diaryl/α,β-unsaturated/α-hetero) is 1. The van der Waals surface area contributed by atoms with Gasteiger partial charge in [0.1, 0.15) is 0 Å². The van der Waals surface area contributed by atoms with Gasteiger partial charge in [0.25, 0.3) is 0 Å². The van der Waals surface area contributed by atoms with Crippen molar-refractivity contribution in [3.8, 4) is 6.07 Å². The first kappa shape index (κ1) is 14.5. The maximum atomic E-state index is 12.8. The maximum Gasteiger partial charge on any atom is 0.166 e. The minimum Gasteiger partial charge on any atom is -0.294 e. The lowest BCUT2D eigenvalue weighted by Crippen LogP contribution is -2.41. The van der Waals surface area contributed by atoms with Crippen molar-refractivity contribution < 1.29 is 9.00 Å². The third-order valence-electron chi connectivity index (χ3n) is 4.81. The molecule has 0 N–H and O–H groups in total. The van der Waals surface area contributed by atoms with E-state index >= 15 is 0 Å². The Hall–Kier alpha value is -1.47. The molecule has 2 bridgehead atoms. The molecule has 110 valence electrons. The van der Waals surface area contributed by atoms with Crippen LogP contribution in [-0.4, -0.2) is 20.5 Å². The van der Waals surface area contributed by atoms with Gasteiger partial charge in [0.05, 0.1) is 11.6 Å². The standard InChI is InChI=1S/C17H19NO2S/c1-11-5-6-12(10-18)7-16(11)17(19)13-8-14-3-2-4-15(9-13)21(14)20/h5-7,13-15H,2-4,8-9H2,1H3. The van der Waals surface area contributed by atoms with Gasteiger partial charge in [0, 0.05) is 32.8 Å². The van der Waals surface area contributed by atoms with E-state index in [2.05, 4.69) is 6.07 Å². The van der Waals surface area contributed by atoms with E-state index in [4.69, 9.17) is 5.26 Å². The Balaban J connectivity index is 1.86. The van der Waals surface area contributed by atoms with Crippen LogP contribution in [0.1, 0.15) is 53.6 Å². The van der Waals surface area contributed by atoms with Crippen LogP contribution in [0.15, 0.2) is 18.2 Å². The molecule has 0 radical (unpaired) electrons. The number of ketones is 1. The summed E-state index contributed by atoms with van der Waals surface area (Å²) in [5, 5.41) is 9.41. The molecule has 2 fully saturated rings. The second-order valence-electron chi connectivity index (χ2n) is 6.18. The molecular formula is C17H19NO2S. The van der Waals surface area contributed by atoms with E-state index < -0.39 is 10.8 Å². The van der Waals surface area contributed by atoms with Crippen molar-refractivity contribution in [3.05, 3.63) is 34.9 Å². The largest absolute Gasteiger partial charge is 0.294 e. The number of fused-ring (bicyclic) bond motifs is 2. The fraction of sp³-hybridized carbons (Fsp3) is 0.529. The summed E-state index contributed by atoms with van der Waals surface area (Å²) >= 11 is 0. The summed E-state index contributed by atoms with van der Waals surface area (Å²) in [5.74, 6) is 0.115. The smallest absolute Gasteiger partial charge is 0.166 e. The third kappa shape index (κ3) is 2.67. The van der Waals surface area contributed by atoms with Gasteiger partial charge in [-0.2, -0.15) is 5.26 Å². The van der Waals surface area contributed by atoms with Crippen LogP contribution in [0.25, 0.3) is 0 Å². The number of carbonyl (C=O) groups excluding carboxylic acids is 1. The van der Waals surface area contributed by atoms with E-state index in [1.54, 1.807) is 12.1 Å². The number of aryl methyl sites for hydroxylation is 1. The fourth-order valence-electron chi connectivity index (χ4n) is 3.62. The van der Waals surface area contributed by atoms with Crippen LogP contribution < -0.4 is 0 Å². The zero-order chi connectivity index (χ0) is 15.0. The van der Waals surface area contributed by atoms with Crippen molar-refractivity contribution in [3.63, 3.8) is 0 Å². The Bertz CT molecular complexity index is 631. The van der Waals surface area contributed by atoms with Crippen molar-refractivity contribution in [1.29, 1.82) is 5.26 Å². The summed E-state index contributed by atoms with van der Waals surface area (Å²) in [5.41, 5.74) is 2.13. The zero-order valence-electron chi connectivity index (χ0n) is 12.2. The van der Waals surface area contributed by atoms with Gasteiger partial charge in [-0.25, -0.2) is 0 Å². The van der Waals surface area contributed by atoms with Crippen LogP contribution in [0.5, 0.6) is 0 Å². The predicted octanol–water partition coefficient (Wildman–Crippen LogP) is 3.13. The Labute approximate surface area is 127 Å². The molecule has 21 heavy (non-hydrogen) atoms. The third-order valence-corrected chi connectivity index (χ3v) is 6.98. The van der Waals surface area contributed by atoms with Gasteiger partial charge < -0.3 is 0 Å². The Morgan fingerprint density at radius 2 is 1.95 bits per heavy atom. The monoisotopic (exact) mass is 301 g/mol. The average molecular weight is 301 g/mol. The first-order valence-corrected chi connectivity index (χ1v) is 8.82. The number of carbonyl (C=O) groups is 1. The lowest BCUT2D eigenvalue weighted by atomic mass is 9.83. The Morgan fingerprint density at radius 1 is 1.29 bits per heavy atom. The topological polar surface area (TPSA) is 57.9 Å². The molecule has 0 aliphatic carbocycles. The molecule has 1 aromatic carbocycles. The lowest BCUT2D eigenvalue weighted by molar-refractivity contribution is 0.0894. The average Bonchev–Trinajstić information content (AvgIpc) is 2.47. The van der Waals surface area contributed by atoms with Crippen molar-refractivity contribution in [2.45, 2.75) is 49.5 Å². The van der Waals surface area contributed by atoms with Gasteiger partial charge in [-0.15, -0.1) is 0 Å². The predicted molar refractivity (Wildman–Crippen MR) is 82.5 cm³/mol. The van der Waals surface area contributed by atoms with Gasteiger partial charge in [-0.3, -0.25) is 9.00 Å². The molecule has 2 heterocycles. The summed E-state index contributed by atoms with van der Waals surface area (Å²) in [6.45, 7) is 1.91. The molecule has 2 saturated heterocycles. The summed E-state index contributed by atoms with van der Waals surface area (Å²) in [4.78, 5) is 12.8. The molecular weight excluding hydrogens is 282 g/mol. The van der Waals surface area contributed by atoms with Crippen molar-refractivity contribution in [2.75, 3.05) is 0 Å². The molecule has 2 atom stereocenters. The lowest BCUT2D eigenvalue weighted by Gasteiger charge is -2.37. The second-order valence-corrected chi connectivity index (χ2v) is 8.17. The van der Waals surface area contributed by atoms with Crippen molar-refractivity contribution >= 4 is 16.6 Å². The van der Waals surface area contributed by atoms with Gasteiger partial charge in [0.2, 0.25) is 0 Å². The molecule has 0 spiro atoms. The minimum absolute atomic E-state index is 0.0226. The highest BCUT2D eigenvalue weighted by Crippen LogP contribution is 2.38. The highest BCUT2D eigenvalue weighted by Gasteiger charge is 2.40. The van der Waals surface area contributed by atoms with E-state index in [9.17, 15) is 9.00 Å². The van der Waals surface area contributed by atoms with E-state index in [0.29, 0.717) is 11.1 Å². The Morgan fingerprint density at radius 3 is 2.57 bits per heavy atom. The summed E-state index contributed by atoms with van der Waals surface area (Å²) < 4.78 is 12.2. The van der Waals surface area contributed by atoms with Crippen LogP contribution in [0, 0.1) is 24.2 Å². The first-order valence-electron chi connectivity index (χ1n) is 7.54. The molecule has 0 saturated carbocycles. The number of benzene rings is 1. The van der Waals surface area contributed by atoms with E-state index in [-0.39, 0.29) is 22.2 Å². The molecule has 3 rings (SSSR count). The second kappa shape index (κ2) is 5.73. The van der Waals surface area contributed by atoms with E-state index in [1.807, 2.05) is 13.0 Å². The molecule has 0 aromatic heterocycles. The van der Waals surface area contributed by atoms with E-state index in [1.165, 1.54) is 0 Å². The van der Waals surface area contributed by atoms with Crippen LogP contribution in [0.2, 0.25) is 0 Å². The normalized spacial score (nSPS) is 31.4. The highest BCUT2D eigenvalue weighted by atomic mass is 32.2. The van der Waals surface area contributed by atoms with Crippen LogP contribution in [-0.2, 0) is 10.8 Å². The molecule has 2 unspecified atom stereocenters. The van der Waals surface area contributed by atoms with Crippen molar-refractivity contribution in [1.82, 2.24) is 0 Å². The van der Waals surface area contributed by atoms with Gasteiger partial charge >= 0.3 is 0 Å². The number of hydrogen-bond donors (Lipinski definition) is 0. The summed E-state index contributed by atoms with van der Waals surface area (Å²) in [6, 6.07) is 7.39. The fourth-order valence-corrected chi connectivity index (χ4v) is 5.81. The molecule has 1 aromatic rings. The first-order chi connectivity index (χ1) is 10.1. The summed E-state index contributed by atoms with van der Waals surface area (Å²) in [7, 11) is -0.746. The molecule has 0 amide bonds. The zero-order valence-corrected chi connectivity index (χ0v) is 13.0. The highest BCUT2D eigenvalue weighted by molar-refractivity contribution is 7.86.